The molecule has 4 aliphatic heterocycles. The highest BCUT2D eigenvalue weighted by molar-refractivity contribution is 7.00. The standard InChI is InChI=1S/C110H95BN4O2/c1-106(2,3)70-44-52-87-81(60-70)82-61-71(107(4,5)6)45-53-88(82)112(87)93-56-48-85-104-101(93)77-36-24-28-40-99(77)116-97-38-26-22-34-75(97)79-58-68(66-30-18-16-19-31-66)42-50-91(79)114(104)95-64-74(110(13,14)15)65-96-103(95)111(85)86-49-57-94(113-89-54-46-72(108(7,8)9)62-83(89)84-63-73(109(10,11)12)47-55-90(84)113)102-78-37-25-29-41-100(78)117-98-39-27-23-35-76(98)80-59-69(67-32-20-17-21-33-67)43-51-92(80)115(96)105(86)102/h16-65H,1-15H3. The molecule has 0 radical (unpaired) electrons. The van der Waals surface area contributed by atoms with E-state index in [1.165, 1.54) is 65.8 Å². The van der Waals surface area contributed by atoms with Crippen LogP contribution in [-0.2, 0) is 27.1 Å². The van der Waals surface area contributed by atoms with Gasteiger partial charge in [-0.1, -0.05) is 286 Å². The number of aromatic nitrogens is 2. The van der Waals surface area contributed by atoms with Gasteiger partial charge in [0.25, 0.3) is 6.71 Å². The maximum Gasteiger partial charge on any atom is 0.252 e. The van der Waals surface area contributed by atoms with Gasteiger partial charge in [-0.15, -0.1) is 0 Å². The predicted octanol–water partition coefficient (Wildman–Crippen LogP) is 28.7. The summed E-state index contributed by atoms with van der Waals surface area (Å²) in [6, 6.07) is 115. The van der Waals surface area contributed by atoms with E-state index in [0.717, 1.165) is 157 Å². The lowest BCUT2D eigenvalue weighted by atomic mass is 9.33. The largest absolute Gasteiger partial charge is 0.456 e. The van der Waals surface area contributed by atoms with Crippen molar-refractivity contribution in [3.63, 3.8) is 0 Å². The first-order valence-corrected chi connectivity index (χ1v) is 41.7. The Balaban J connectivity index is 0.978. The molecule has 0 atom stereocenters. The number of nitrogens with zero attached hydrogens (tertiary/aromatic N) is 4. The Morgan fingerprint density at radius 2 is 0.530 bits per heavy atom. The Bertz CT molecular complexity index is 6490. The molecule has 0 spiro atoms. The van der Waals surface area contributed by atoms with Crippen molar-refractivity contribution in [2.45, 2.75) is 131 Å². The van der Waals surface area contributed by atoms with Gasteiger partial charge in [0, 0.05) is 77.4 Å². The molecule has 7 heteroatoms. The van der Waals surface area contributed by atoms with Gasteiger partial charge < -0.3 is 28.4 Å². The summed E-state index contributed by atoms with van der Waals surface area (Å²) in [4.78, 5) is 5.44. The van der Waals surface area contributed by atoms with Crippen molar-refractivity contribution >= 4 is 101 Å². The first-order valence-electron chi connectivity index (χ1n) is 41.7. The molecule has 0 saturated carbocycles. The summed E-state index contributed by atoms with van der Waals surface area (Å²) in [5, 5.41) is 4.89. The summed E-state index contributed by atoms with van der Waals surface area (Å²) in [6.07, 6.45) is 0. The van der Waals surface area contributed by atoms with Crippen LogP contribution in [-0.4, -0.2) is 15.8 Å². The van der Waals surface area contributed by atoms with E-state index in [-0.39, 0.29) is 21.7 Å². The molecule has 0 unspecified atom stereocenters. The fourth-order valence-electron chi connectivity index (χ4n) is 19.2. The van der Waals surface area contributed by atoms with Crippen LogP contribution in [0.1, 0.15) is 132 Å². The van der Waals surface area contributed by atoms with Crippen LogP contribution in [0.15, 0.2) is 303 Å². The highest BCUT2D eigenvalue weighted by Crippen LogP contribution is 2.60. The number of hydrogen-bond donors (Lipinski definition) is 0. The third-order valence-corrected chi connectivity index (χ3v) is 25.5. The Morgan fingerprint density at radius 1 is 0.231 bits per heavy atom. The zero-order valence-electron chi connectivity index (χ0n) is 69.6. The molecule has 570 valence electrons. The number of ether oxygens (including phenoxy) is 2. The van der Waals surface area contributed by atoms with Crippen molar-refractivity contribution < 1.29 is 9.47 Å². The predicted molar refractivity (Wildman–Crippen MR) is 495 cm³/mol. The Hall–Kier alpha value is -12.8. The zero-order valence-corrected chi connectivity index (χ0v) is 69.6. The van der Waals surface area contributed by atoms with Gasteiger partial charge in [0.15, 0.2) is 0 Å². The zero-order chi connectivity index (χ0) is 80.3. The van der Waals surface area contributed by atoms with Crippen LogP contribution >= 0.6 is 0 Å². The lowest BCUT2D eigenvalue weighted by Crippen LogP contribution is -2.62. The van der Waals surface area contributed by atoms with Crippen LogP contribution in [0.4, 0.5) is 34.1 Å². The molecular formula is C110H95BN4O2. The second-order valence-electron chi connectivity index (χ2n) is 38.1. The maximum atomic E-state index is 7.77. The fourth-order valence-corrected chi connectivity index (χ4v) is 19.2. The highest BCUT2D eigenvalue weighted by Gasteiger charge is 2.49. The normalized spacial score (nSPS) is 13.5. The first kappa shape index (κ1) is 71.9. The molecular weight excluding hydrogens is 1420 g/mol. The van der Waals surface area contributed by atoms with Crippen molar-refractivity contribution in [3.8, 4) is 101 Å². The quantitative estimate of drug-likeness (QED) is 0.165. The molecule has 2 aromatic heterocycles. The van der Waals surface area contributed by atoms with E-state index in [9.17, 15) is 0 Å². The van der Waals surface area contributed by atoms with Gasteiger partial charge in [0.1, 0.15) is 23.0 Å². The number of rotatable bonds is 4. The van der Waals surface area contributed by atoms with E-state index < -0.39 is 12.1 Å². The van der Waals surface area contributed by atoms with Crippen molar-refractivity contribution in [1.29, 1.82) is 0 Å². The van der Waals surface area contributed by atoms with E-state index in [4.69, 9.17) is 9.47 Å². The molecule has 6 nitrogen and oxygen atoms in total. The molecule has 17 aromatic rings. The van der Waals surface area contributed by atoms with Crippen LogP contribution in [0.25, 0.3) is 122 Å². The molecule has 15 aromatic carbocycles. The van der Waals surface area contributed by atoms with E-state index >= 15 is 0 Å². The summed E-state index contributed by atoms with van der Waals surface area (Å²) < 4.78 is 20.7. The first-order chi connectivity index (χ1) is 56.2. The molecule has 0 amide bonds. The minimum absolute atomic E-state index is 0.111. The molecule has 0 fully saturated rings. The monoisotopic (exact) mass is 1510 g/mol. The van der Waals surface area contributed by atoms with E-state index in [0.29, 0.717) is 0 Å². The van der Waals surface area contributed by atoms with Crippen molar-refractivity contribution in [1.82, 2.24) is 9.13 Å². The molecule has 0 aliphatic carbocycles. The number of benzene rings is 15. The molecule has 0 saturated heterocycles. The molecule has 6 heterocycles. The van der Waals surface area contributed by atoms with Gasteiger partial charge in [-0.25, -0.2) is 0 Å². The lowest BCUT2D eigenvalue weighted by molar-refractivity contribution is 0.486. The highest BCUT2D eigenvalue weighted by atomic mass is 16.5. The smallest absolute Gasteiger partial charge is 0.252 e. The molecule has 4 aliphatic rings. The summed E-state index contributed by atoms with van der Waals surface area (Å²) >= 11 is 0. The third kappa shape index (κ3) is 11.3. The average molecular weight is 1520 g/mol. The minimum Gasteiger partial charge on any atom is -0.456 e. The summed E-state index contributed by atoms with van der Waals surface area (Å²) in [7, 11) is 0. The van der Waals surface area contributed by atoms with Crippen LogP contribution < -0.4 is 35.7 Å². The van der Waals surface area contributed by atoms with Gasteiger partial charge in [-0.2, -0.15) is 0 Å². The Labute approximate surface area is 688 Å². The summed E-state index contributed by atoms with van der Waals surface area (Å²) in [5.74, 6) is 3.07. The molecule has 117 heavy (non-hydrogen) atoms. The second kappa shape index (κ2) is 25.8. The van der Waals surface area contributed by atoms with Crippen molar-refractivity contribution in [2.24, 2.45) is 0 Å². The van der Waals surface area contributed by atoms with Crippen LogP contribution in [0.5, 0.6) is 23.0 Å². The molecule has 0 bridgehead atoms. The van der Waals surface area contributed by atoms with Gasteiger partial charge in [0.05, 0.1) is 56.2 Å². The summed E-state index contributed by atoms with van der Waals surface area (Å²) in [6.45, 7) is 34.8. The minimum atomic E-state index is -0.396. The Kier molecular flexibility index (Phi) is 15.9. The maximum absolute atomic E-state index is 7.77. The lowest BCUT2D eigenvalue weighted by Gasteiger charge is -2.47. The number of para-hydroxylation sites is 4. The van der Waals surface area contributed by atoms with Gasteiger partial charge in [-0.05, 0) is 215 Å². The number of hydrogen-bond acceptors (Lipinski definition) is 4. The van der Waals surface area contributed by atoms with Crippen LogP contribution in [0.2, 0.25) is 0 Å². The second-order valence-corrected chi connectivity index (χ2v) is 38.1. The number of fused-ring (bicyclic) bond motifs is 22. The molecule has 0 N–H and O–H groups in total. The van der Waals surface area contributed by atoms with Gasteiger partial charge >= 0.3 is 0 Å². The van der Waals surface area contributed by atoms with Crippen molar-refractivity contribution in [3.05, 3.63) is 331 Å². The Morgan fingerprint density at radius 3 is 0.863 bits per heavy atom. The van der Waals surface area contributed by atoms with E-state index in [2.05, 4.69) is 426 Å². The van der Waals surface area contributed by atoms with Gasteiger partial charge in [0.2, 0.25) is 0 Å². The summed E-state index contributed by atoms with van der Waals surface area (Å²) in [5.41, 5.74) is 34.8. The van der Waals surface area contributed by atoms with E-state index in [1.807, 2.05) is 0 Å². The van der Waals surface area contributed by atoms with Crippen LogP contribution in [0, 0.1) is 0 Å². The topological polar surface area (TPSA) is 34.8 Å². The van der Waals surface area contributed by atoms with Gasteiger partial charge in [-0.3, -0.25) is 0 Å². The average Bonchev–Trinajstić information content (AvgIpc) is 1.55. The van der Waals surface area contributed by atoms with Crippen LogP contribution in [0.3, 0.4) is 0 Å². The molecule has 21 rings (SSSR count). The van der Waals surface area contributed by atoms with Crippen molar-refractivity contribution in [2.75, 3.05) is 9.80 Å². The third-order valence-electron chi connectivity index (χ3n) is 25.5. The fraction of sp³-hybridized carbons (Fsp3) is 0.182. The SMILES string of the molecule is CC(C)(C)c1cc2c3c(c1)N1c4ccc(-c5ccccc5)cc4-c4ccccc4Oc4ccccc4-c4c(-n5c6ccc(C(C)(C)C)cc6c6cc(C(C)(C)C)ccc65)ccc(c41)B3c1ccc(-n3c4ccc(C(C)(C)C)cc4c4cc(C(C)(C)C)ccc43)c3c1N2c1ccc(-c2ccccc2)cc1-c1ccccc1Oc1ccccc1-3. The van der Waals surface area contributed by atoms with E-state index in [1.54, 1.807) is 0 Å². The number of anilines is 6.